The SMILES string of the molecule is CN(CCCC(=O)Nc1cccc(F)c1)S(=O)(=O)c1ccc(F)cc1. The Labute approximate surface area is 145 Å². The topological polar surface area (TPSA) is 66.5 Å². The number of nitrogens with zero attached hydrogens (tertiary/aromatic N) is 1. The maximum absolute atomic E-state index is 13.0. The van der Waals surface area contributed by atoms with E-state index in [1.165, 1.54) is 37.4 Å². The summed E-state index contributed by atoms with van der Waals surface area (Å²) in [6.45, 7) is 0.121. The van der Waals surface area contributed by atoms with E-state index >= 15 is 0 Å². The zero-order valence-electron chi connectivity index (χ0n) is 13.6. The Bertz CT molecular complexity index is 839. The first-order valence-corrected chi connectivity index (χ1v) is 9.00. The fourth-order valence-electron chi connectivity index (χ4n) is 2.16. The molecule has 2 rings (SSSR count). The van der Waals surface area contributed by atoms with Crippen molar-refractivity contribution in [3.05, 3.63) is 60.2 Å². The maximum atomic E-state index is 13.0. The molecule has 1 amide bonds. The largest absolute Gasteiger partial charge is 0.326 e. The van der Waals surface area contributed by atoms with Gasteiger partial charge in [0.1, 0.15) is 11.6 Å². The minimum absolute atomic E-state index is 0.0133. The normalized spacial score (nSPS) is 11.5. The van der Waals surface area contributed by atoms with Crippen molar-refractivity contribution in [3.8, 4) is 0 Å². The molecule has 5 nitrogen and oxygen atoms in total. The van der Waals surface area contributed by atoms with E-state index in [4.69, 9.17) is 0 Å². The minimum atomic E-state index is -3.73. The standard InChI is InChI=1S/C17H18F2N2O3S/c1-21(25(23,24)16-9-7-13(18)8-10-16)11-3-6-17(22)20-15-5-2-4-14(19)12-15/h2,4-5,7-10,12H,3,6,11H2,1H3,(H,20,22). The Balaban J connectivity index is 1.86. The summed E-state index contributed by atoms with van der Waals surface area (Å²) >= 11 is 0. The molecule has 0 heterocycles. The van der Waals surface area contributed by atoms with Gasteiger partial charge < -0.3 is 5.32 Å². The van der Waals surface area contributed by atoms with E-state index in [0.29, 0.717) is 5.69 Å². The molecule has 0 aliphatic heterocycles. The van der Waals surface area contributed by atoms with Crippen LogP contribution in [0.2, 0.25) is 0 Å². The fourth-order valence-corrected chi connectivity index (χ4v) is 3.37. The number of anilines is 1. The van der Waals surface area contributed by atoms with E-state index in [-0.39, 0.29) is 30.2 Å². The molecule has 0 bridgehead atoms. The first-order valence-electron chi connectivity index (χ1n) is 7.56. The first-order chi connectivity index (χ1) is 11.8. The van der Waals surface area contributed by atoms with Crippen LogP contribution in [-0.2, 0) is 14.8 Å². The quantitative estimate of drug-likeness (QED) is 0.817. The molecule has 0 aliphatic carbocycles. The van der Waals surface area contributed by atoms with E-state index in [1.54, 1.807) is 6.07 Å². The molecule has 1 N–H and O–H groups in total. The molecule has 0 atom stereocenters. The van der Waals surface area contributed by atoms with Crippen molar-refractivity contribution in [2.24, 2.45) is 0 Å². The molecule has 8 heteroatoms. The van der Waals surface area contributed by atoms with E-state index in [1.807, 2.05) is 0 Å². The van der Waals surface area contributed by atoms with Gasteiger partial charge in [0.15, 0.2) is 0 Å². The highest BCUT2D eigenvalue weighted by atomic mass is 32.2. The molecule has 0 saturated carbocycles. The Morgan fingerprint density at radius 3 is 2.40 bits per heavy atom. The molecule has 0 spiro atoms. The van der Waals surface area contributed by atoms with Crippen LogP contribution in [-0.4, -0.2) is 32.2 Å². The number of nitrogens with one attached hydrogen (secondary N) is 1. The zero-order valence-corrected chi connectivity index (χ0v) is 14.4. The smallest absolute Gasteiger partial charge is 0.242 e. The monoisotopic (exact) mass is 368 g/mol. The lowest BCUT2D eigenvalue weighted by atomic mass is 10.2. The Kier molecular flexibility index (Phi) is 6.22. The van der Waals surface area contributed by atoms with Crippen molar-refractivity contribution >= 4 is 21.6 Å². The molecule has 0 aliphatic rings. The van der Waals surface area contributed by atoms with Gasteiger partial charge in [-0.25, -0.2) is 21.5 Å². The molecule has 0 radical (unpaired) electrons. The van der Waals surface area contributed by atoms with Gasteiger partial charge in [0, 0.05) is 25.7 Å². The van der Waals surface area contributed by atoms with Gasteiger partial charge in [-0.05, 0) is 48.9 Å². The third-order valence-corrected chi connectivity index (χ3v) is 5.38. The van der Waals surface area contributed by atoms with Gasteiger partial charge in [0.05, 0.1) is 4.90 Å². The number of halogens is 2. The predicted molar refractivity (Wildman–Crippen MR) is 90.5 cm³/mol. The number of carbonyl (C=O) groups is 1. The third kappa shape index (κ3) is 5.33. The summed E-state index contributed by atoms with van der Waals surface area (Å²) in [6, 6.07) is 10.0. The fraction of sp³-hybridized carbons (Fsp3) is 0.235. The Morgan fingerprint density at radius 1 is 1.08 bits per heavy atom. The van der Waals surface area contributed by atoms with E-state index in [2.05, 4.69) is 5.32 Å². The lowest BCUT2D eigenvalue weighted by Crippen LogP contribution is -2.28. The lowest BCUT2D eigenvalue weighted by Gasteiger charge is -2.17. The van der Waals surface area contributed by atoms with Crippen molar-refractivity contribution in [2.75, 3.05) is 18.9 Å². The van der Waals surface area contributed by atoms with Gasteiger partial charge in [-0.3, -0.25) is 4.79 Å². The third-order valence-electron chi connectivity index (χ3n) is 3.51. The molecule has 2 aromatic carbocycles. The lowest BCUT2D eigenvalue weighted by molar-refractivity contribution is -0.116. The van der Waals surface area contributed by atoms with Crippen molar-refractivity contribution in [3.63, 3.8) is 0 Å². The first kappa shape index (κ1) is 19.0. The van der Waals surface area contributed by atoms with Crippen molar-refractivity contribution in [2.45, 2.75) is 17.7 Å². The molecular formula is C17H18F2N2O3S. The van der Waals surface area contributed by atoms with Gasteiger partial charge in [0.25, 0.3) is 0 Å². The number of sulfonamides is 1. The Hall–Kier alpha value is -2.32. The second-order valence-electron chi connectivity index (χ2n) is 5.44. The molecule has 2 aromatic rings. The van der Waals surface area contributed by atoms with E-state index in [0.717, 1.165) is 16.4 Å². The summed E-state index contributed by atoms with van der Waals surface area (Å²) in [6.07, 6.45) is 0.373. The number of amides is 1. The van der Waals surface area contributed by atoms with Crippen molar-refractivity contribution in [1.29, 1.82) is 0 Å². The Morgan fingerprint density at radius 2 is 1.76 bits per heavy atom. The average molecular weight is 368 g/mol. The molecule has 0 fully saturated rings. The number of hydrogen-bond donors (Lipinski definition) is 1. The van der Waals surface area contributed by atoms with Crippen molar-refractivity contribution in [1.82, 2.24) is 4.31 Å². The molecular weight excluding hydrogens is 350 g/mol. The highest BCUT2D eigenvalue weighted by molar-refractivity contribution is 7.89. The summed E-state index contributed by atoms with van der Waals surface area (Å²) in [5, 5.41) is 2.54. The predicted octanol–water partition coefficient (Wildman–Crippen LogP) is 3.00. The summed E-state index contributed by atoms with van der Waals surface area (Å²) in [5.41, 5.74) is 0.345. The van der Waals surface area contributed by atoms with Crippen LogP contribution in [0.25, 0.3) is 0 Å². The molecule has 0 aromatic heterocycles. The second-order valence-corrected chi connectivity index (χ2v) is 7.49. The van der Waals surface area contributed by atoms with Gasteiger partial charge in [-0.15, -0.1) is 0 Å². The molecule has 134 valence electrons. The van der Waals surface area contributed by atoms with Crippen LogP contribution in [0.1, 0.15) is 12.8 Å². The minimum Gasteiger partial charge on any atom is -0.326 e. The van der Waals surface area contributed by atoms with Gasteiger partial charge in [-0.1, -0.05) is 6.07 Å². The van der Waals surface area contributed by atoms with Crippen LogP contribution in [0, 0.1) is 11.6 Å². The molecule has 0 saturated heterocycles. The van der Waals surface area contributed by atoms with Crippen LogP contribution >= 0.6 is 0 Å². The summed E-state index contributed by atoms with van der Waals surface area (Å²) < 4.78 is 51.7. The van der Waals surface area contributed by atoms with Crippen LogP contribution in [0.15, 0.2) is 53.4 Å². The summed E-state index contributed by atoms with van der Waals surface area (Å²) in [7, 11) is -2.34. The second kappa shape index (κ2) is 8.17. The van der Waals surface area contributed by atoms with Crippen molar-refractivity contribution < 1.29 is 22.0 Å². The molecule has 0 unspecified atom stereocenters. The van der Waals surface area contributed by atoms with Crippen LogP contribution in [0.4, 0.5) is 14.5 Å². The highest BCUT2D eigenvalue weighted by Gasteiger charge is 2.20. The van der Waals surface area contributed by atoms with Gasteiger partial charge in [-0.2, -0.15) is 0 Å². The highest BCUT2D eigenvalue weighted by Crippen LogP contribution is 2.15. The number of rotatable bonds is 7. The van der Waals surface area contributed by atoms with Crippen LogP contribution < -0.4 is 5.32 Å². The number of carbonyl (C=O) groups excluding carboxylic acids is 1. The van der Waals surface area contributed by atoms with Gasteiger partial charge >= 0.3 is 0 Å². The maximum Gasteiger partial charge on any atom is 0.242 e. The van der Waals surface area contributed by atoms with Gasteiger partial charge in [0.2, 0.25) is 15.9 Å². The number of benzene rings is 2. The summed E-state index contributed by atoms with van der Waals surface area (Å²) in [5.74, 6) is -1.31. The number of hydrogen-bond acceptors (Lipinski definition) is 3. The zero-order chi connectivity index (χ0) is 18.4. The summed E-state index contributed by atoms with van der Waals surface area (Å²) in [4.78, 5) is 11.8. The van der Waals surface area contributed by atoms with Crippen LogP contribution in [0.3, 0.4) is 0 Å². The van der Waals surface area contributed by atoms with E-state index < -0.39 is 21.7 Å². The molecule has 25 heavy (non-hydrogen) atoms. The van der Waals surface area contributed by atoms with E-state index in [9.17, 15) is 22.0 Å². The average Bonchev–Trinajstić information content (AvgIpc) is 2.55. The van der Waals surface area contributed by atoms with Crippen LogP contribution in [0.5, 0.6) is 0 Å².